The largest absolute Gasteiger partial charge is 0.480 e. The van der Waals surface area contributed by atoms with Gasteiger partial charge in [-0.05, 0) is 49.7 Å². The summed E-state index contributed by atoms with van der Waals surface area (Å²) in [5, 5.41) is 20.6. The lowest BCUT2D eigenvalue weighted by molar-refractivity contribution is -0.137. The highest BCUT2D eigenvalue weighted by Crippen LogP contribution is 2.38. The van der Waals surface area contributed by atoms with Crippen LogP contribution in [0, 0.1) is 25.2 Å². The molecule has 0 unspecified atom stereocenters. The van der Waals surface area contributed by atoms with Crippen LogP contribution in [0.1, 0.15) is 17.0 Å². The Bertz CT molecular complexity index is 1260. The van der Waals surface area contributed by atoms with Gasteiger partial charge in [-0.25, -0.2) is 0 Å². The predicted octanol–water partition coefficient (Wildman–Crippen LogP) is 4.43. The summed E-state index contributed by atoms with van der Waals surface area (Å²) < 4.78 is 1.79. The van der Waals surface area contributed by atoms with Gasteiger partial charge in [-0.3, -0.25) is 9.78 Å². The number of carboxylic acids is 1. The van der Waals surface area contributed by atoms with E-state index in [4.69, 9.17) is 0 Å². The molecule has 0 radical (unpaired) electrons. The Kier molecular flexibility index (Phi) is 3.89. The fraction of sp³-hybridized carbons (Fsp3) is 0.136. The van der Waals surface area contributed by atoms with Crippen molar-refractivity contribution in [1.82, 2.24) is 9.55 Å². The quantitative estimate of drug-likeness (QED) is 0.590. The van der Waals surface area contributed by atoms with Crippen LogP contribution in [-0.4, -0.2) is 20.6 Å². The van der Waals surface area contributed by atoms with Gasteiger partial charge in [-0.2, -0.15) is 5.26 Å². The number of aryl methyl sites for hydroxylation is 1. The smallest absolute Gasteiger partial charge is 0.323 e. The Morgan fingerprint density at radius 1 is 1.15 bits per heavy atom. The average Bonchev–Trinajstić information content (AvgIpc) is 2.91. The maximum Gasteiger partial charge on any atom is 0.323 e. The number of pyridine rings is 1. The molecule has 4 rings (SSSR count). The van der Waals surface area contributed by atoms with E-state index in [0.29, 0.717) is 5.56 Å². The van der Waals surface area contributed by atoms with E-state index < -0.39 is 5.97 Å². The third-order valence-electron chi connectivity index (χ3n) is 4.86. The lowest BCUT2D eigenvalue weighted by Crippen LogP contribution is -2.09. The molecule has 5 nitrogen and oxygen atoms in total. The van der Waals surface area contributed by atoms with Gasteiger partial charge in [0.25, 0.3) is 0 Å². The number of nitrogens with zero attached hydrogens (tertiary/aromatic N) is 3. The van der Waals surface area contributed by atoms with E-state index in [1.165, 1.54) is 0 Å². The molecule has 2 aromatic carbocycles. The molecule has 0 aliphatic heterocycles. The number of hydrogen-bond donors (Lipinski definition) is 1. The van der Waals surface area contributed by atoms with Gasteiger partial charge in [0.2, 0.25) is 0 Å². The minimum absolute atomic E-state index is 0.129. The zero-order chi connectivity index (χ0) is 19.1. The Morgan fingerprint density at radius 2 is 1.93 bits per heavy atom. The molecule has 0 bridgehead atoms. The van der Waals surface area contributed by atoms with E-state index in [-0.39, 0.29) is 6.54 Å². The van der Waals surface area contributed by atoms with Gasteiger partial charge < -0.3 is 9.67 Å². The van der Waals surface area contributed by atoms with Gasteiger partial charge in [-0.1, -0.05) is 18.2 Å². The summed E-state index contributed by atoms with van der Waals surface area (Å²) in [6.45, 7) is 3.74. The van der Waals surface area contributed by atoms with Crippen molar-refractivity contribution in [2.75, 3.05) is 0 Å². The van der Waals surface area contributed by atoms with Crippen molar-refractivity contribution in [2.45, 2.75) is 20.4 Å². The van der Waals surface area contributed by atoms with Crippen molar-refractivity contribution in [1.29, 1.82) is 5.26 Å². The first-order valence-electron chi connectivity index (χ1n) is 8.61. The minimum Gasteiger partial charge on any atom is -0.480 e. The first-order valence-corrected chi connectivity index (χ1v) is 8.61. The molecular weight excluding hydrogens is 338 g/mol. The van der Waals surface area contributed by atoms with Gasteiger partial charge in [0, 0.05) is 33.2 Å². The summed E-state index contributed by atoms with van der Waals surface area (Å²) in [6, 6.07) is 17.5. The van der Waals surface area contributed by atoms with Crippen molar-refractivity contribution in [3.8, 4) is 17.2 Å². The van der Waals surface area contributed by atoms with Crippen molar-refractivity contribution in [3.63, 3.8) is 0 Å². The van der Waals surface area contributed by atoms with Crippen LogP contribution < -0.4 is 0 Å². The van der Waals surface area contributed by atoms with Crippen LogP contribution in [0.2, 0.25) is 0 Å². The lowest BCUT2D eigenvalue weighted by atomic mass is 9.97. The second-order valence-corrected chi connectivity index (χ2v) is 6.61. The van der Waals surface area contributed by atoms with Gasteiger partial charge in [-0.15, -0.1) is 0 Å². The zero-order valence-electron chi connectivity index (χ0n) is 15.0. The standard InChI is InChI=1S/C22H17N3O2/c1-13-9-17(16-5-3-4-6-19(16)24-13)22-14(2)25(12-21(26)27)20-8-7-15(11-23)10-18(20)22/h3-10H,12H2,1-2H3,(H,26,27). The highest BCUT2D eigenvalue weighted by atomic mass is 16.4. The van der Waals surface area contributed by atoms with Gasteiger partial charge in [0.05, 0.1) is 17.1 Å². The van der Waals surface area contributed by atoms with Crippen LogP contribution >= 0.6 is 0 Å². The van der Waals surface area contributed by atoms with Crippen molar-refractivity contribution < 1.29 is 9.90 Å². The number of para-hydroxylation sites is 1. The van der Waals surface area contributed by atoms with Crippen LogP contribution in [0.25, 0.3) is 32.9 Å². The molecule has 0 aliphatic rings. The van der Waals surface area contributed by atoms with E-state index in [2.05, 4.69) is 11.1 Å². The molecule has 2 aromatic heterocycles. The minimum atomic E-state index is -0.901. The van der Waals surface area contributed by atoms with Crippen molar-refractivity contribution >= 4 is 27.8 Å². The second-order valence-electron chi connectivity index (χ2n) is 6.61. The molecule has 5 heteroatoms. The normalized spacial score (nSPS) is 11.0. The van der Waals surface area contributed by atoms with Gasteiger partial charge in [0.15, 0.2) is 0 Å². The van der Waals surface area contributed by atoms with Crippen molar-refractivity contribution in [2.24, 2.45) is 0 Å². The number of benzene rings is 2. The number of aliphatic carboxylic acids is 1. The SMILES string of the molecule is Cc1cc(-c2c(C)n(CC(=O)O)c3ccc(C#N)cc23)c2ccccc2n1. The molecule has 0 amide bonds. The first-order chi connectivity index (χ1) is 13.0. The highest BCUT2D eigenvalue weighted by Gasteiger charge is 2.19. The topological polar surface area (TPSA) is 78.9 Å². The van der Waals surface area contributed by atoms with Crippen molar-refractivity contribution in [3.05, 3.63) is 65.5 Å². The fourth-order valence-electron chi connectivity index (χ4n) is 3.75. The molecule has 0 aliphatic carbocycles. The number of rotatable bonds is 3. The second kappa shape index (κ2) is 6.26. The lowest BCUT2D eigenvalue weighted by Gasteiger charge is -2.10. The van der Waals surface area contributed by atoms with Crippen LogP contribution in [-0.2, 0) is 11.3 Å². The Hall–Kier alpha value is -3.65. The molecule has 1 N–H and O–H groups in total. The molecule has 132 valence electrons. The number of carbonyl (C=O) groups is 1. The van der Waals surface area contributed by atoms with E-state index in [0.717, 1.165) is 44.3 Å². The number of carboxylic acid groups (broad SMARTS) is 1. The molecule has 0 saturated carbocycles. The Labute approximate surface area is 156 Å². The summed E-state index contributed by atoms with van der Waals surface area (Å²) in [7, 11) is 0. The summed E-state index contributed by atoms with van der Waals surface area (Å²) in [5.74, 6) is -0.901. The third-order valence-corrected chi connectivity index (χ3v) is 4.86. The summed E-state index contributed by atoms with van der Waals surface area (Å²) in [6.07, 6.45) is 0. The molecule has 0 saturated heterocycles. The predicted molar refractivity (Wildman–Crippen MR) is 104 cm³/mol. The fourth-order valence-corrected chi connectivity index (χ4v) is 3.75. The van der Waals surface area contributed by atoms with E-state index in [1.54, 1.807) is 10.6 Å². The zero-order valence-corrected chi connectivity index (χ0v) is 15.0. The van der Waals surface area contributed by atoms with E-state index >= 15 is 0 Å². The summed E-state index contributed by atoms with van der Waals surface area (Å²) >= 11 is 0. The molecule has 2 heterocycles. The Morgan fingerprint density at radius 3 is 2.67 bits per heavy atom. The molecular formula is C22H17N3O2. The van der Waals surface area contributed by atoms with Crippen LogP contribution in [0.5, 0.6) is 0 Å². The number of aromatic nitrogens is 2. The maximum absolute atomic E-state index is 11.4. The molecule has 4 aromatic rings. The molecule has 0 fully saturated rings. The monoisotopic (exact) mass is 355 g/mol. The average molecular weight is 355 g/mol. The third kappa shape index (κ3) is 2.72. The summed E-state index contributed by atoms with van der Waals surface area (Å²) in [4.78, 5) is 16.0. The van der Waals surface area contributed by atoms with Gasteiger partial charge in [0.1, 0.15) is 6.54 Å². The summed E-state index contributed by atoms with van der Waals surface area (Å²) in [5.41, 5.74) is 5.94. The molecule has 0 spiro atoms. The maximum atomic E-state index is 11.4. The number of hydrogen-bond acceptors (Lipinski definition) is 3. The van der Waals surface area contributed by atoms with Gasteiger partial charge >= 0.3 is 5.97 Å². The first kappa shape index (κ1) is 16.8. The highest BCUT2D eigenvalue weighted by molar-refractivity contribution is 6.06. The molecule has 27 heavy (non-hydrogen) atoms. The molecule has 0 atom stereocenters. The Balaban J connectivity index is 2.15. The van der Waals surface area contributed by atoms with Crippen LogP contribution in [0.4, 0.5) is 0 Å². The van der Waals surface area contributed by atoms with E-state index in [9.17, 15) is 15.2 Å². The number of fused-ring (bicyclic) bond motifs is 2. The van der Waals surface area contributed by atoms with Crippen LogP contribution in [0.15, 0.2) is 48.5 Å². The van der Waals surface area contributed by atoms with Crippen LogP contribution in [0.3, 0.4) is 0 Å². The van der Waals surface area contributed by atoms with E-state index in [1.807, 2.05) is 56.3 Å². The number of nitriles is 1.